The molecule has 1 aliphatic carbocycles. The molecular weight excluding hydrogens is 556 g/mol. The molecule has 0 heterocycles. The number of halogens is 3. The van der Waals surface area contributed by atoms with Gasteiger partial charge in [-0.05, 0) is 86.5 Å². The third-order valence-electron chi connectivity index (χ3n) is 4.65. The number of hydrogen-bond donors (Lipinski definition) is 2. The Bertz CT molecular complexity index is 775. The number of rotatable bonds is 5. The van der Waals surface area contributed by atoms with E-state index in [4.69, 9.17) is 4.74 Å². The summed E-state index contributed by atoms with van der Waals surface area (Å²) < 4.78 is 23.0. The van der Waals surface area contributed by atoms with Crippen molar-refractivity contribution in [3.05, 3.63) is 28.5 Å². The lowest BCUT2D eigenvalue weighted by molar-refractivity contribution is -0.117. The molecule has 2 rings (SSSR count). The Morgan fingerprint density at radius 1 is 1.28 bits per heavy atom. The van der Waals surface area contributed by atoms with Gasteiger partial charge in [0, 0.05) is 18.2 Å². The normalized spacial score (nSPS) is 20.1. The predicted molar refractivity (Wildman–Crippen MR) is 124 cm³/mol. The number of nitrogens with one attached hydrogen (secondary N) is 2. The van der Waals surface area contributed by atoms with E-state index in [1.165, 1.54) is 6.07 Å². The van der Waals surface area contributed by atoms with E-state index >= 15 is 0 Å². The van der Waals surface area contributed by atoms with E-state index in [1.807, 2.05) is 20.8 Å². The quantitative estimate of drug-likeness (QED) is 0.268. The molecule has 1 aliphatic rings. The molecule has 160 valence electrons. The third kappa shape index (κ3) is 7.84. The van der Waals surface area contributed by atoms with E-state index in [1.54, 1.807) is 35.0 Å². The second-order valence-electron chi connectivity index (χ2n) is 8.15. The lowest BCUT2D eigenvalue weighted by Crippen LogP contribution is -2.37. The van der Waals surface area contributed by atoms with E-state index in [2.05, 4.69) is 29.8 Å². The Labute approximate surface area is 193 Å². The average molecular weight is 582 g/mol. The molecule has 0 aromatic heterocycles. The topological polar surface area (TPSA) is 79.8 Å². The number of alkyl carbamates (subject to hydrolysis) is 1. The van der Waals surface area contributed by atoms with Gasteiger partial charge in [-0.25, -0.2) is 9.18 Å². The van der Waals surface area contributed by atoms with E-state index < -0.39 is 11.7 Å². The van der Waals surface area contributed by atoms with E-state index in [0.717, 1.165) is 25.7 Å². The molecule has 1 amide bonds. The van der Waals surface area contributed by atoms with Crippen LogP contribution in [0.25, 0.3) is 0 Å². The molecule has 1 saturated carbocycles. The number of benzene rings is 1. The van der Waals surface area contributed by atoms with Gasteiger partial charge >= 0.3 is 6.09 Å². The highest BCUT2D eigenvalue weighted by molar-refractivity contribution is 14.1. The molecule has 0 atom stereocenters. The number of ether oxygens (including phenoxy) is 1. The van der Waals surface area contributed by atoms with Gasteiger partial charge < -0.3 is 15.4 Å². The fourth-order valence-corrected chi connectivity index (χ4v) is 3.94. The number of carbonyl (C=O) groups excluding carboxylic acids is 2. The third-order valence-corrected chi connectivity index (χ3v) is 5.74. The number of amidine groups is 1. The summed E-state index contributed by atoms with van der Waals surface area (Å²) in [6.07, 6.45) is 2.77. The van der Waals surface area contributed by atoms with Crippen molar-refractivity contribution >= 4 is 62.2 Å². The van der Waals surface area contributed by atoms with E-state index in [-0.39, 0.29) is 23.4 Å². The number of Topliss-reactive ketones (excluding diaryl/α,β-unsaturated/α-hetero) is 1. The van der Waals surface area contributed by atoms with Crippen LogP contribution in [0.1, 0.15) is 46.5 Å². The molecule has 1 fully saturated rings. The van der Waals surface area contributed by atoms with Crippen molar-refractivity contribution in [2.75, 3.05) is 11.9 Å². The standard InChI is InChI=1S/C20H26BrFIN3O3/c1-20(2,3)29-19(28)24-11-12-4-6-13(7-5-12)17(27)18(26-23)25-14-8-9-16(22)15(21)10-14/h8-10,12-13H,4-7,11H2,1-3H3,(H,24,28)(H,25,26). The van der Waals surface area contributed by atoms with Gasteiger partial charge in [0.15, 0.2) is 5.84 Å². The summed E-state index contributed by atoms with van der Waals surface area (Å²) in [7, 11) is 0. The van der Waals surface area contributed by atoms with Crippen LogP contribution in [0.2, 0.25) is 0 Å². The number of anilines is 1. The van der Waals surface area contributed by atoms with Gasteiger partial charge in [-0.1, -0.05) is 0 Å². The van der Waals surface area contributed by atoms with Crippen molar-refractivity contribution < 1.29 is 18.7 Å². The Kier molecular flexibility index (Phi) is 8.87. The molecular formula is C20H26BrFIN3O3. The minimum Gasteiger partial charge on any atom is -0.444 e. The van der Waals surface area contributed by atoms with Crippen molar-refractivity contribution in [3.8, 4) is 0 Å². The molecule has 1 aromatic carbocycles. The van der Waals surface area contributed by atoms with E-state index in [9.17, 15) is 14.0 Å². The van der Waals surface area contributed by atoms with Crippen LogP contribution in [0.4, 0.5) is 14.9 Å². The summed E-state index contributed by atoms with van der Waals surface area (Å²) in [5.41, 5.74) is 0.0773. The number of hydrogen-bond acceptors (Lipinski definition) is 4. The molecule has 0 bridgehead atoms. The smallest absolute Gasteiger partial charge is 0.407 e. The largest absolute Gasteiger partial charge is 0.444 e. The summed E-state index contributed by atoms with van der Waals surface area (Å²) >= 11 is 4.93. The van der Waals surface area contributed by atoms with Crippen molar-refractivity contribution in [2.24, 2.45) is 15.0 Å². The minimum absolute atomic E-state index is 0.0431. The highest BCUT2D eigenvalue weighted by Crippen LogP contribution is 2.30. The lowest BCUT2D eigenvalue weighted by Gasteiger charge is -2.28. The van der Waals surface area contributed by atoms with Gasteiger partial charge in [0.2, 0.25) is 5.78 Å². The van der Waals surface area contributed by atoms with Gasteiger partial charge in [0.25, 0.3) is 0 Å². The highest BCUT2D eigenvalue weighted by Gasteiger charge is 2.29. The van der Waals surface area contributed by atoms with Crippen LogP contribution in [0.15, 0.2) is 25.9 Å². The van der Waals surface area contributed by atoms with Gasteiger partial charge in [-0.2, -0.15) is 3.21 Å². The molecule has 1 aromatic rings. The fourth-order valence-electron chi connectivity index (χ4n) is 3.20. The Hall–Kier alpha value is -1.23. The van der Waals surface area contributed by atoms with Gasteiger partial charge in [0.05, 0.1) is 27.3 Å². The first kappa shape index (κ1) is 24.0. The Balaban J connectivity index is 1.83. The monoisotopic (exact) mass is 581 g/mol. The van der Waals surface area contributed by atoms with Crippen molar-refractivity contribution in [2.45, 2.75) is 52.1 Å². The number of ketones is 1. The predicted octanol–water partition coefficient (Wildman–Crippen LogP) is 5.65. The Morgan fingerprint density at radius 2 is 1.93 bits per heavy atom. The zero-order valence-electron chi connectivity index (χ0n) is 16.7. The lowest BCUT2D eigenvalue weighted by atomic mass is 9.79. The van der Waals surface area contributed by atoms with Gasteiger partial charge in [-0.15, -0.1) is 0 Å². The van der Waals surface area contributed by atoms with Crippen LogP contribution < -0.4 is 10.6 Å². The highest BCUT2D eigenvalue weighted by atomic mass is 127. The SMILES string of the molecule is CC(C)(C)OC(=O)NCC1CCC(C(=O)C(=NI)Nc2ccc(F)c(Br)c2)CC1. The van der Waals surface area contributed by atoms with Gasteiger partial charge in [-0.3, -0.25) is 4.79 Å². The number of carbonyl (C=O) groups is 2. The molecule has 0 aliphatic heterocycles. The summed E-state index contributed by atoms with van der Waals surface area (Å²) in [5, 5.41) is 5.80. The first-order valence-electron chi connectivity index (χ1n) is 9.51. The maximum absolute atomic E-state index is 13.4. The van der Waals surface area contributed by atoms with Crippen LogP contribution in [0.5, 0.6) is 0 Å². The molecule has 0 unspecified atom stereocenters. The number of amides is 1. The Morgan fingerprint density at radius 3 is 2.48 bits per heavy atom. The molecule has 6 nitrogen and oxygen atoms in total. The minimum atomic E-state index is -0.517. The number of nitrogens with zero attached hydrogens (tertiary/aromatic N) is 1. The maximum Gasteiger partial charge on any atom is 0.407 e. The summed E-state index contributed by atoms with van der Waals surface area (Å²) in [6.45, 7) is 6.03. The first-order valence-corrected chi connectivity index (χ1v) is 11.3. The van der Waals surface area contributed by atoms with Crippen molar-refractivity contribution in [1.29, 1.82) is 0 Å². The van der Waals surface area contributed by atoms with Crippen molar-refractivity contribution in [1.82, 2.24) is 5.32 Å². The van der Waals surface area contributed by atoms with Crippen LogP contribution >= 0.6 is 38.8 Å². The summed E-state index contributed by atoms with van der Waals surface area (Å²) in [4.78, 5) is 24.6. The molecule has 29 heavy (non-hydrogen) atoms. The first-order chi connectivity index (χ1) is 13.6. The molecule has 0 saturated heterocycles. The average Bonchev–Trinajstić information content (AvgIpc) is 2.66. The molecule has 2 N–H and O–H groups in total. The van der Waals surface area contributed by atoms with E-state index in [0.29, 0.717) is 22.6 Å². The zero-order valence-corrected chi connectivity index (χ0v) is 20.5. The second kappa shape index (κ2) is 10.7. The summed E-state index contributed by atoms with van der Waals surface area (Å²) in [5.74, 6) is 0.0660. The van der Waals surface area contributed by atoms with Crippen LogP contribution in [0.3, 0.4) is 0 Å². The fraction of sp³-hybridized carbons (Fsp3) is 0.550. The maximum atomic E-state index is 13.4. The summed E-state index contributed by atoms with van der Waals surface area (Å²) in [6, 6.07) is 4.46. The van der Waals surface area contributed by atoms with Crippen LogP contribution in [-0.2, 0) is 9.53 Å². The molecule has 0 spiro atoms. The molecule has 9 heteroatoms. The molecule has 0 radical (unpaired) electrons. The van der Waals surface area contributed by atoms with Crippen LogP contribution in [0, 0.1) is 17.7 Å². The van der Waals surface area contributed by atoms with Gasteiger partial charge in [0.1, 0.15) is 11.4 Å². The zero-order chi connectivity index (χ0) is 21.6. The van der Waals surface area contributed by atoms with Crippen molar-refractivity contribution in [3.63, 3.8) is 0 Å². The second-order valence-corrected chi connectivity index (χ2v) is 9.49. The van der Waals surface area contributed by atoms with Crippen LogP contribution in [-0.4, -0.2) is 29.9 Å².